The average molecular weight is 475 g/mol. The minimum absolute atomic E-state index is 0. The number of ether oxygens (including phenoxy) is 2. The molecule has 2 aromatic rings. The predicted octanol–water partition coefficient (Wildman–Crippen LogP) is 3.20. The molecule has 0 saturated heterocycles. The number of rotatable bonds is 7. The van der Waals surface area contributed by atoms with Gasteiger partial charge in [-0.2, -0.15) is 0 Å². The van der Waals surface area contributed by atoms with Gasteiger partial charge < -0.3 is 29.6 Å². The highest BCUT2D eigenvalue weighted by Crippen LogP contribution is 2.29. The van der Waals surface area contributed by atoms with Crippen LogP contribution in [0.15, 0.2) is 46.0 Å². The van der Waals surface area contributed by atoms with Crippen LogP contribution in [0.5, 0.6) is 11.5 Å². The summed E-state index contributed by atoms with van der Waals surface area (Å²) >= 11 is 0. The van der Waals surface area contributed by atoms with E-state index < -0.39 is 5.60 Å². The zero-order valence-corrected chi connectivity index (χ0v) is 17.7. The maximum Gasteiger partial charge on any atom is 0.195 e. The molecule has 0 fully saturated rings. The van der Waals surface area contributed by atoms with E-state index in [1.54, 1.807) is 33.3 Å². The standard InChI is InChI=1S/C18H25N3O4.HI/c1-5-19-17(20-12-18(2,22)16-7-6-10-25-16)21-13-8-9-14(23-3)15(11-13)24-4;/h6-11,22H,5,12H2,1-4H3,(H2,19,20,21);1H. The number of aliphatic hydroxyl groups is 1. The molecule has 8 heteroatoms. The van der Waals surface area contributed by atoms with Gasteiger partial charge in [0.05, 0.1) is 27.0 Å². The Morgan fingerprint density at radius 1 is 1.23 bits per heavy atom. The lowest BCUT2D eigenvalue weighted by Crippen LogP contribution is -2.33. The molecule has 3 N–H and O–H groups in total. The Hall–Kier alpha value is -1.94. The van der Waals surface area contributed by atoms with Crippen LogP contribution in [0.1, 0.15) is 19.6 Å². The van der Waals surface area contributed by atoms with E-state index in [4.69, 9.17) is 13.9 Å². The molecular weight excluding hydrogens is 449 g/mol. The quantitative estimate of drug-likeness (QED) is 0.324. The van der Waals surface area contributed by atoms with E-state index in [0.29, 0.717) is 29.8 Å². The van der Waals surface area contributed by atoms with Gasteiger partial charge in [0.1, 0.15) is 11.4 Å². The molecule has 7 nitrogen and oxygen atoms in total. The lowest BCUT2D eigenvalue weighted by atomic mass is 10.0. The number of guanidine groups is 1. The summed E-state index contributed by atoms with van der Waals surface area (Å²) < 4.78 is 15.8. The highest BCUT2D eigenvalue weighted by molar-refractivity contribution is 14.0. The molecule has 144 valence electrons. The predicted molar refractivity (Wildman–Crippen MR) is 113 cm³/mol. The lowest BCUT2D eigenvalue weighted by molar-refractivity contribution is 0.0438. The molecule has 1 aromatic carbocycles. The maximum absolute atomic E-state index is 10.5. The summed E-state index contributed by atoms with van der Waals surface area (Å²) in [7, 11) is 3.18. The van der Waals surface area contributed by atoms with Crippen LogP contribution in [0.2, 0.25) is 0 Å². The molecule has 26 heavy (non-hydrogen) atoms. The Kier molecular flexibility index (Phi) is 8.73. The molecule has 0 aliphatic heterocycles. The Morgan fingerprint density at radius 3 is 2.54 bits per heavy atom. The summed E-state index contributed by atoms with van der Waals surface area (Å²) in [5.41, 5.74) is -0.404. The zero-order chi connectivity index (χ0) is 18.3. The van der Waals surface area contributed by atoms with Crippen molar-refractivity contribution in [1.29, 1.82) is 0 Å². The molecule has 1 atom stereocenters. The number of methoxy groups -OCH3 is 2. The monoisotopic (exact) mass is 475 g/mol. The maximum atomic E-state index is 10.5. The summed E-state index contributed by atoms with van der Waals surface area (Å²) in [6.45, 7) is 4.46. The zero-order valence-electron chi connectivity index (χ0n) is 15.4. The van der Waals surface area contributed by atoms with Gasteiger partial charge in [0.2, 0.25) is 0 Å². The molecule has 0 aliphatic rings. The summed E-state index contributed by atoms with van der Waals surface area (Å²) in [6, 6.07) is 8.95. The Morgan fingerprint density at radius 2 is 1.96 bits per heavy atom. The third kappa shape index (κ3) is 5.80. The Balaban J connectivity index is 0.00000338. The molecule has 0 amide bonds. The van der Waals surface area contributed by atoms with Crippen molar-refractivity contribution in [2.24, 2.45) is 4.99 Å². The largest absolute Gasteiger partial charge is 0.493 e. The van der Waals surface area contributed by atoms with Crippen molar-refractivity contribution in [3.8, 4) is 11.5 Å². The van der Waals surface area contributed by atoms with Gasteiger partial charge in [-0.05, 0) is 38.1 Å². The van der Waals surface area contributed by atoms with Gasteiger partial charge in [0.25, 0.3) is 0 Å². The highest BCUT2D eigenvalue weighted by Gasteiger charge is 2.26. The third-order valence-electron chi connectivity index (χ3n) is 3.59. The Bertz CT molecular complexity index is 702. The normalized spacial score (nSPS) is 13.3. The number of aliphatic imine (C=N–C) groups is 1. The average Bonchev–Trinajstić information content (AvgIpc) is 3.15. The van der Waals surface area contributed by atoms with Crippen molar-refractivity contribution in [2.45, 2.75) is 19.4 Å². The van der Waals surface area contributed by atoms with Crippen LogP contribution < -0.4 is 20.1 Å². The fourth-order valence-electron chi connectivity index (χ4n) is 2.25. The van der Waals surface area contributed by atoms with Crippen molar-refractivity contribution in [3.05, 3.63) is 42.4 Å². The van der Waals surface area contributed by atoms with Gasteiger partial charge in [-0.1, -0.05) is 0 Å². The molecule has 0 spiro atoms. The van der Waals surface area contributed by atoms with E-state index in [0.717, 1.165) is 5.69 Å². The van der Waals surface area contributed by atoms with Crippen LogP contribution in [0.3, 0.4) is 0 Å². The van der Waals surface area contributed by atoms with Crippen molar-refractivity contribution in [2.75, 3.05) is 32.6 Å². The van der Waals surface area contributed by atoms with E-state index in [2.05, 4.69) is 15.6 Å². The van der Waals surface area contributed by atoms with E-state index in [1.165, 1.54) is 6.26 Å². The van der Waals surface area contributed by atoms with Crippen LogP contribution >= 0.6 is 24.0 Å². The first-order valence-corrected chi connectivity index (χ1v) is 8.04. The number of nitrogens with one attached hydrogen (secondary N) is 2. The van der Waals surface area contributed by atoms with E-state index in [-0.39, 0.29) is 30.5 Å². The smallest absolute Gasteiger partial charge is 0.195 e. The van der Waals surface area contributed by atoms with Crippen molar-refractivity contribution < 1.29 is 19.0 Å². The van der Waals surface area contributed by atoms with E-state index >= 15 is 0 Å². The number of halogens is 1. The minimum atomic E-state index is -1.19. The second-order valence-corrected chi connectivity index (χ2v) is 5.64. The molecule has 0 radical (unpaired) electrons. The Labute approximate surface area is 170 Å². The first-order valence-electron chi connectivity index (χ1n) is 8.04. The highest BCUT2D eigenvalue weighted by atomic mass is 127. The van der Waals surface area contributed by atoms with Gasteiger partial charge >= 0.3 is 0 Å². The number of hydrogen-bond acceptors (Lipinski definition) is 5. The molecule has 1 unspecified atom stereocenters. The summed E-state index contributed by atoms with van der Waals surface area (Å²) in [5.74, 6) is 2.28. The molecular formula is C18H26IN3O4. The van der Waals surface area contributed by atoms with E-state index in [9.17, 15) is 5.11 Å². The molecule has 0 saturated carbocycles. The summed E-state index contributed by atoms with van der Waals surface area (Å²) in [6.07, 6.45) is 1.53. The van der Waals surface area contributed by atoms with Gasteiger partial charge in [-0.3, -0.25) is 0 Å². The van der Waals surface area contributed by atoms with Gasteiger partial charge in [-0.15, -0.1) is 24.0 Å². The third-order valence-corrected chi connectivity index (χ3v) is 3.59. The minimum Gasteiger partial charge on any atom is -0.493 e. The summed E-state index contributed by atoms with van der Waals surface area (Å²) in [4.78, 5) is 4.45. The lowest BCUT2D eigenvalue weighted by Gasteiger charge is -2.20. The van der Waals surface area contributed by atoms with Gasteiger partial charge in [-0.25, -0.2) is 4.99 Å². The van der Waals surface area contributed by atoms with Crippen LogP contribution in [0.4, 0.5) is 5.69 Å². The topological polar surface area (TPSA) is 88.3 Å². The van der Waals surface area contributed by atoms with Crippen molar-refractivity contribution in [1.82, 2.24) is 5.32 Å². The van der Waals surface area contributed by atoms with Crippen molar-refractivity contribution in [3.63, 3.8) is 0 Å². The second kappa shape index (κ2) is 10.3. The number of anilines is 1. The number of nitrogens with zero attached hydrogens (tertiary/aromatic N) is 1. The molecule has 1 heterocycles. The first kappa shape index (κ1) is 22.1. The number of hydrogen-bond donors (Lipinski definition) is 3. The van der Waals surface area contributed by atoms with Crippen LogP contribution in [0, 0.1) is 0 Å². The molecule has 0 bridgehead atoms. The van der Waals surface area contributed by atoms with Crippen LogP contribution in [0.25, 0.3) is 0 Å². The fourth-order valence-corrected chi connectivity index (χ4v) is 2.25. The molecule has 2 rings (SSSR count). The van der Waals surface area contributed by atoms with Gasteiger partial charge in [0.15, 0.2) is 17.5 Å². The van der Waals surface area contributed by atoms with Crippen LogP contribution in [-0.2, 0) is 5.60 Å². The molecule has 1 aromatic heterocycles. The van der Waals surface area contributed by atoms with Gasteiger partial charge in [0, 0.05) is 18.3 Å². The fraction of sp³-hybridized carbons (Fsp3) is 0.389. The second-order valence-electron chi connectivity index (χ2n) is 5.64. The summed E-state index contributed by atoms with van der Waals surface area (Å²) in [5, 5.41) is 16.8. The van der Waals surface area contributed by atoms with E-state index in [1.807, 2.05) is 25.1 Å². The first-order chi connectivity index (χ1) is 12.0. The van der Waals surface area contributed by atoms with Crippen molar-refractivity contribution >= 4 is 35.6 Å². The SMILES string of the molecule is CCNC(=NCC(C)(O)c1ccco1)Nc1ccc(OC)c(OC)c1.I. The molecule has 0 aliphatic carbocycles. The van der Waals surface area contributed by atoms with Crippen LogP contribution in [-0.4, -0.2) is 38.4 Å². The number of furan rings is 1. The number of benzene rings is 1.